The summed E-state index contributed by atoms with van der Waals surface area (Å²) in [7, 11) is 4.08. The minimum atomic E-state index is -0.545. The average Bonchev–Trinajstić information content (AvgIpc) is 3.09. The Kier molecular flexibility index (Phi) is 3.50. The summed E-state index contributed by atoms with van der Waals surface area (Å²) in [4.78, 5) is 2.55. The maximum atomic E-state index is 10.7. The molecule has 5 nitrogen and oxygen atoms in total. The van der Waals surface area contributed by atoms with Crippen LogP contribution in [0.5, 0.6) is 11.5 Å². The lowest BCUT2D eigenvalue weighted by molar-refractivity contribution is -0.232. The third kappa shape index (κ3) is 1.77. The van der Waals surface area contributed by atoms with Gasteiger partial charge in [0.05, 0.1) is 11.5 Å². The molecule has 0 amide bonds. The van der Waals surface area contributed by atoms with Crippen molar-refractivity contribution in [2.24, 2.45) is 11.3 Å². The Morgan fingerprint density at radius 3 is 2.93 bits per heavy atom. The Balaban J connectivity index is 1.65. The van der Waals surface area contributed by atoms with Crippen molar-refractivity contribution < 1.29 is 19.3 Å². The molecule has 5 heteroatoms. The van der Waals surface area contributed by atoms with E-state index in [2.05, 4.69) is 44.0 Å². The van der Waals surface area contributed by atoms with Crippen LogP contribution in [0.1, 0.15) is 37.8 Å². The van der Waals surface area contributed by atoms with Crippen molar-refractivity contribution in [1.82, 2.24) is 4.90 Å². The molecule has 6 aliphatic rings. The monoisotopic (exact) mass is 397 g/mol. The first-order valence-corrected chi connectivity index (χ1v) is 11.0. The van der Waals surface area contributed by atoms with Gasteiger partial charge in [0.25, 0.3) is 0 Å². The number of rotatable bonds is 4. The second-order valence-electron chi connectivity index (χ2n) is 9.77. The van der Waals surface area contributed by atoms with E-state index in [9.17, 15) is 5.11 Å². The van der Waals surface area contributed by atoms with Gasteiger partial charge < -0.3 is 24.2 Å². The van der Waals surface area contributed by atoms with Crippen LogP contribution in [-0.2, 0) is 21.3 Å². The summed E-state index contributed by atoms with van der Waals surface area (Å²) >= 11 is 0. The standard InChI is InChI=1S/C24H31NO4/c1-5-28-14(2)16-13-22-8-9-24(16,27-4)21-23(22)10-11-25(3)18(22)12-15-6-7-17(26)20(29-21)19(15)23/h6-9,14,16,18,21,26H,5,10-13H2,1-4H3/t14-,16-,18-,21-,22-,23+,24-/m1/s1. The van der Waals surface area contributed by atoms with E-state index in [1.807, 2.05) is 13.2 Å². The summed E-state index contributed by atoms with van der Waals surface area (Å²) in [5.74, 6) is 1.18. The number of ether oxygens (including phenoxy) is 3. The van der Waals surface area contributed by atoms with Gasteiger partial charge in [0, 0.05) is 36.7 Å². The van der Waals surface area contributed by atoms with Gasteiger partial charge in [-0.2, -0.15) is 0 Å². The molecular weight excluding hydrogens is 366 g/mol. The van der Waals surface area contributed by atoms with Crippen LogP contribution in [0, 0.1) is 11.3 Å². The number of hydrogen-bond donors (Lipinski definition) is 1. The van der Waals surface area contributed by atoms with Gasteiger partial charge >= 0.3 is 0 Å². The van der Waals surface area contributed by atoms with Crippen LogP contribution in [0.4, 0.5) is 0 Å². The first kappa shape index (κ1) is 18.2. The van der Waals surface area contributed by atoms with Crippen molar-refractivity contribution in [3.63, 3.8) is 0 Å². The van der Waals surface area contributed by atoms with E-state index in [1.54, 1.807) is 0 Å². The van der Waals surface area contributed by atoms with E-state index in [-0.39, 0.29) is 34.7 Å². The molecule has 29 heavy (non-hydrogen) atoms. The Labute approximate surface area is 172 Å². The molecule has 0 unspecified atom stereocenters. The number of likely N-dealkylation sites (N-methyl/N-ethyl adjacent to an activating group) is 1. The maximum absolute atomic E-state index is 10.7. The van der Waals surface area contributed by atoms with Crippen LogP contribution in [-0.4, -0.2) is 61.2 Å². The van der Waals surface area contributed by atoms with Gasteiger partial charge in [-0.25, -0.2) is 0 Å². The van der Waals surface area contributed by atoms with Gasteiger partial charge in [-0.15, -0.1) is 0 Å². The van der Waals surface area contributed by atoms with Crippen LogP contribution < -0.4 is 4.74 Å². The first-order valence-electron chi connectivity index (χ1n) is 11.0. The molecule has 1 N–H and O–H groups in total. The predicted molar refractivity (Wildman–Crippen MR) is 109 cm³/mol. The molecule has 1 aromatic carbocycles. The lowest BCUT2D eigenvalue weighted by Gasteiger charge is -2.71. The molecule has 1 aromatic rings. The summed E-state index contributed by atoms with van der Waals surface area (Å²) in [5, 5.41) is 10.7. The molecule has 2 fully saturated rings. The van der Waals surface area contributed by atoms with E-state index in [1.165, 1.54) is 11.1 Å². The van der Waals surface area contributed by atoms with E-state index < -0.39 is 5.60 Å². The first-order chi connectivity index (χ1) is 13.9. The van der Waals surface area contributed by atoms with Gasteiger partial charge in [-0.3, -0.25) is 0 Å². The molecule has 2 aliphatic heterocycles. The van der Waals surface area contributed by atoms with E-state index >= 15 is 0 Å². The molecule has 2 spiro atoms. The minimum Gasteiger partial charge on any atom is -0.504 e. The lowest BCUT2D eigenvalue weighted by Crippen LogP contribution is -2.79. The van der Waals surface area contributed by atoms with Crippen LogP contribution >= 0.6 is 0 Å². The number of benzene rings is 1. The summed E-state index contributed by atoms with van der Waals surface area (Å²) in [6.45, 7) is 5.97. The number of fused-ring (bicyclic) bond motifs is 1. The van der Waals surface area contributed by atoms with E-state index in [4.69, 9.17) is 14.2 Å². The average molecular weight is 398 g/mol. The maximum Gasteiger partial charge on any atom is 0.165 e. The summed E-state index contributed by atoms with van der Waals surface area (Å²) in [6, 6.07) is 4.35. The van der Waals surface area contributed by atoms with Gasteiger partial charge in [0.2, 0.25) is 0 Å². The van der Waals surface area contributed by atoms with Crippen LogP contribution in [0.3, 0.4) is 0 Å². The highest BCUT2D eigenvalue weighted by atomic mass is 16.6. The predicted octanol–water partition coefficient (Wildman–Crippen LogP) is 3.04. The van der Waals surface area contributed by atoms with E-state index in [0.717, 1.165) is 25.8 Å². The van der Waals surface area contributed by atoms with Crippen LogP contribution in [0.15, 0.2) is 24.3 Å². The van der Waals surface area contributed by atoms with Crippen LogP contribution in [0.25, 0.3) is 0 Å². The third-order valence-electron chi connectivity index (χ3n) is 9.12. The highest BCUT2D eigenvalue weighted by Gasteiger charge is 2.79. The Bertz CT molecular complexity index is 914. The Morgan fingerprint density at radius 1 is 1.34 bits per heavy atom. The largest absolute Gasteiger partial charge is 0.504 e. The van der Waals surface area contributed by atoms with Crippen molar-refractivity contribution in [2.75, 3.05) is 27.3 Å². The normalized spacial score (nSPS) is 44.5. The summed E-state index contributed by atoms with van der Waals surface area (Å²) < 4.78 is 19.2. The number of piperidine rings is 1. The fourth-order valence-electron chi connectivity index (χ4n) is 8.02. The number of likely N-dealkylation sites (tertiary alicyclic amines) is 1. The minimum absolute atomic E-state index is 0.0208. The number of hydrogen-bond acceptors (Lipinski definition) is 5. The van der Waals surface area contributed by atoms with Gasteiger partial charge in [0.15, 0.2) is 11.5 Å². The molecule has 7 rings (SSSR count). The van der Waals surface area contributed by atoms with E-state index in [0.29, 0.717) is 18.4 Å². The number of methoxy groups -OCH3 is 1. The molecule has 156 valence electrons. The zero-order chi connectivity index (χ0) is 20.2. The number of aromatic hydroxyl groups is 1. The van der Waals surface area contributed by atoms with Crippen molar-refractivity contribution in [3.05, 3.63) is 35.4 Å². The second-order valence-corrected chi connectivity index (χ2v) is 9.77. The molecule has 7 atom stereocenters. The van der Waals surface area contributed by atoms with Gasteiger partial charge in [-0.05, 0) is 58.3 Å². The summed E-state index contributed by atoms with van der Waals surface area (Å²) in [6.07, 6.45) is 7.75. The van der Waals surface area contributed by atoms with Crippen molar-refractivity contribution in [2.45, 2.75) is 62.4 Å². The molecule has 1 saturated carbocycles. The third-order valence-corrected chi connectivity index (χ3v) is 9.12. The number of phenols is 1. The zero-order valence-electron chi connectivity index (χ0n) is 17.8. The molecule has 2 heterocycles. The van der Waals surface area contributed by atoms with Crippen LogP contribution in [0.2, 0.25) is 0 Å². The van der Waals surface area contributed by atoms with Crippen molar-refractivity contribution >= 4 is 0 Å². The smallest absolute Gasteiger partial charge is 0.165 e. The topological polar surface area (TPSA) is 51.2 Å². The van der Waals surface area contributed by atoms with Gasteiger partial charge in [-0.1, -0.05) is 18.2 Å². The lowest BCUT2D eigenvalue weighted by atomic mass is 9.37. The second kappa shape index (κ2) is 5.57. The molecule has 0 aromatic heterocycles. The van der Waals surface area contributed by atoms with Crippen molar-refractivity contribution in [3.8, 4) is 11.5 Å². The van der Waals surface area contributed by atoms with Crippen molar-refractivity contribution in [1.29, 1.82) is 0 Å². The highest BCUT2D eigenvalue weighted by Crippen LogP contribution is 2.74. The summed E-state index contributed by atoms with van der Waals surface area (Å²) in [5.41, 5.74) is 1.90. The Hall–Kier alpha value is -1.56. The molecular formula is C24H31NO4. The molecule has 4 bridgehead atoms. The molecule has 4 aliphatic carbocycles. The fraction of sp³-hybridized carbons (Fsp3) is 0.667. The number of phenolic OH excluding ortho intramolecular Hbond substituents is 1. The number of nitrogens with zero attached hydrogens (tertiary/aromatic N) is 1. The molecule has 0 radical (unpaired) electrons. The Morgan fingerprint density at radius 2 is 2.17 bits per heavy atom. The fourth-order valence-corrected chi connectivity index (χ4v) is 8.02. The highest BCUT2D eigenvalue weighted by molar-refractivity contribution is 5.65. The SMILES string of the molecule is CCO[C@H](C)[C@H]1C[C@@]23C=C[C@]1(OC)[C@@H]1Oc4c(O)ccc5c4[C@@]12CCN(C)[C@@H]3C5. The zero-order valence-corrected chi connectivity index (χ0v) is 17.8. The molecule has 1 saturated heterocycles. The quantitative estimate of drug-likeness (QED) is 0.792. The van der Waals surface area contributed by atoms with Gasteiger partial charge in [0.1, 0.15) is 11.7 Å².